The minimum absolute atomic E-state index is 0.190. The summed E-state index contributed by atoms with van der Waals surface area (Å²) in [6, 6.07) is 5.18. The summed E-state index contributed by atoms with van der Waals surface area (Å²) < 4.78 is 3.26. The zero-order valence-corrected chi connectivity index (χ0v) is 13.6. The van der Waals surface area contributed by atoms with Gasteiger partial charge in [0.15, 0.2) is 0 Å². The molecule has 1 aromatic heterocycles. The zero-order chi connectivity index (χ0) is 16.7. The monoisotopic (exact) mass is 315 g/mol. The van der Waals surface area contributed by atoms with Crippen molar-refractivity contribution in [3.8, 4) is 0 Å². The number of aryl methyl sites for hydroxylation is 1. The molecule has 2 amide bonds. The molecule has 3 rings (SSSR count). The summed E-state index contributed by atoms with van der Waals surface area (Å²) in [5, 5.41) is 2.34. The second-order valence-corrected chi connectivity index (χ2v) is 6.23. The fraction of sp³-hybridized carbons (Fsp3) is 0.471. The lowest BCUT2D eigenvalue weighted by atomic mass is 10.0. The van der Waals surface area contributed by atoms with Gasteiger partial charge in [-0.3, -0.25) is 24.0 Å². The summed E-state index contributed by atoms with van der Waals surface area (Å²) in [4.78, 5) is 36.5. The second kappa shape index (κ2) is 5.68. The van der Waals surface area contributed by atoms with Gasteiger partial charge in [-0.2, -0.15) is 0 Å². The average Bonchev–Trinajstić information content (AvgIpc) is 2.79. The molecule has 23 heavy (non-hydrogen) atoms. The predicted octanol–water partition coefficient (Wildman–Crippen LogP) is 1.92. The van der Waals surface area contributed by atoms with Crippen LogP contribution >= 0.6 is 0 Å². The normalized spacial score (nSPS) is 18.7. The maximum atomic E-state index is 12.9. The highest BCUT2D eigenvalue weighted by Crippen LogP contribution is 2.28. The Hall–Kier alpha value is -2.37. The second-order valence-electron chi connectivity index (χ2n) is 6.23. The van der Waals surface area contributed by atoms with Gasteiger partial charge in [0, 0.05) is 13.0 Å². The number of hydrogen-bond donors (Lipinski definition) is 1. The molecule has 1 unspecified atom stereocenters. The number of benzene rings is 1. The van der Waals surface area contributed by atoms with E-state index >= 15 is 0 Å². The number of nitrogens with zero attached hydrogens (tertiary/aromatic N) is 2. The van der Waals surface area contributed by atoms with Gasteiger partial charge in [-0.25, -0.2) is 4.79 Å². The number of imide groups is 1. The number of fused-ring (bicyclic) bond motifs is 1. The number of aromatic nitrogens is 2. The van der Waals surface area contributed by atoms with Crippen LogP contribution in [-0.2, 0) is 16.1 Å². The van der Waals surface area contributed by atoms with Crippen LogP contribution in [0.3, 0.4) is 0 Å². The van der Waals surface area contributed by atoms with Crippen LogP contribution in [-0.4, -0.2) is 20.9 Å². The molecular weight excluding hydrogens is 294 g/mol. The van der Waals surface area contributed by atoms with Crippen molar-refractivity contribution in [3.05, 3.63) is 34.2 Å². The lowest BCUT2D eigenvalue weighted by Crippen LogP contribution is -2.44. The molecule has 122 valence electrons. The fourth-order valence-corrected chi connectivity index (χ4v) is 3.35. The van der Waals surface area contributed by atoms with Gasteiger partial charge in [-0.15, -0.1) is 0 Å². The molecule has 0 aliphatic carbocycles. The van der Waals surface area contributed by atoms with E-state index in [4.69, 9.17) is 0 Å². The van der Waals surface area contributed by atoms with Crippen LogP contribution in [0.1, 0.15) is 51.1 Å². The van der Waals surface area contributed by atoms with Crippen molar-refractivity contribution in [3.63, 3.8) is 0 Å². The summed E-state index contributed by atoms with van der Waals surface area (Å²) in [6.07, 6.45) is 0.616. The highest BCUT2D eigenvalue weighted by atomic mass is 16.2. The third-order valence-electron chi connectivity index (χ3n) is 4.47. The summed E-state index contributed by atoms with van der Waals surface area (Å²) in [6.45, 7) is 6.64. The van der Waals surface area contributed by atoms with Gasteiger partial charge < -0.3 is 0 Å². The van der Waals surface area contributed by atoms with Crippen molar-refractivity contribution in [1.29, 1.82) is 0 Å². The number of amides is 2. The Morgan fingerprint density at radius 2 is 2.00 bits per heavy atom. The molecular formula is C17H21N3O3. The lowest BCUT2D eigenvalue weighted by Gasteiger charge is -2.22. The summed E-state index contributed by atoms with van der Waals surface area (Å²) in [5.74, 6) is -0.400. The highest BCUT2D eigenvalue weighted by molar-refractivity contribution is 6.00. The number of carbonyl (C=O) groups excluding carboxylic acids is 2. The first-order valence-corrected chi connectivity index (χ1v) is 8.03. The zero-order valence-electron chi connectivity index (χ0n) is 13.6. The maximum Gasteiger partial charge on any atom is 0.329 e. The molecule has 6 nitrogen and oxygen atoms in total. The summed E-state index contributed by atoms with van der Waals surface area (Å²) in [5.41, 5.74) is 2.55. The van der Waals surface area contributed by atoms with Gasteiger partial charge in [0.25, 0.3) is 0 Å². The van der Waals surface area contributed by atoms with E-state index in [0.717, 1.165) is 16.6 Å². The van der Waals surface area contributed by atoms with E-state index in [1.165, 1.54) is 0 Å². The Morgan fingerprint density at radius 3 is 2.61 bits per heavy atom. The average molecular weight is 315 g/mol. The summed E-state index contributed by atoms with van der Waals surface area (Å²) in [7, 11) is 0. The van der Waals surface area contributed by atoms with E-state index in [9.17, 15) is 14.4 Å². The third kappa shape index (κ3) is 2.38. The number of para-hydroxylation sites is 1. The topological polar surface area (TPSA) is 73.1 Å². The molecule has 1 fully saturated rings. The van der Waals surface area contributed by atoms with Crippen LogP contribution in [0, 0.1) is 0 Å². The molecule has 1 aromatic carbocycles. The van der Waals surface area contributed by atoms with Crippen LogP contribution in [0.25, 0.3) is 11.0 Å². The van der Waals surface area contributed by atoms with Crippen LogP contribution in [0.15, 0.2) is 23.0 Å². The smallest absolute Gasteiger partial charge is 0.295 e. The number of carbonyl (C=O) groups is 2. The molecule has 0 spiro atoms. The number of nitrogens with one attached hydrogen (secondary N) is 1. The minimum Gasteiger partial charge on any atom is -0.295 e. The molecule has 1 N–H and O–H groups in total. The molecule has 1 aliphatic heterocycles. The van der Waals surface area contributed by atoms with Crippen LogP contribution in [0.5, 0.6) is 0 Å². The van der Waals surface area contributed by atoms with Crippen molar-refractivity contribution >= 4 is 22.8 Å². The molecule has 0 radical (unpaired) electrons. The SMILES string of the molecule is CCn1c(=O)n(C2CCC(=O)NC2=O)c2cccc(C(C)C)c21. The van der Waals surface area contributed by atoms with E-state index in [0.29, 0.717) is 13.0 Å². The Kier molecular flexibility index (Phi) is 3.83. The van der Waals surface area contributed by atoms with Crippen molar-refractivity contribution in [1.82, 2.24) is 14.5 Å². The Morgan fingerprint density at radius 1 is 1.26 bits per heavy atom. The first-order chi connectivity index (χ1) is 11.0. The molecule has 2 heterocycles. The minimum atomic E-state index is -0.627. The molecule has 1 atom stereocenters. The van der Waals surface area contributed by atoms with Crippen molar-refractivity contribution in [2.45, 2.75) is 52.1 Å². The fourth-order valence-electron chi connectivity index (χ4n) is 3.35. The molecule has 1 aliphatic rings. The molecule has 6 heteroatoms. The van der Waals surface area contributed by atoms with Gasteiger partial charge in [-0.05, 0) is 30.9 Å². The largest absolute Gasteiger partial charge is 0.329 e. The van der Waals surface area contributed by atoms with E-state index in [1.807, 2.05) is 25.1 Å². The van der Waals surface area contributed by atoms with Gasteiger partial charge in [0.2, 0.25) is 11.8 Å². The number of imidazole rings is 1. The lowest BCUT2D eigenvalue weighted by molar-refractivity contribution is -0.135. The molecule has 1 saturated heterocycles. The third-order valence-corrected chi connectivity index (χ3v) is 4.47. The van der Waals surface area contributed by atoms with Crippen molar-refractivity contribution in [2.75, 3.05) is 0 Å². The molecule has 0 saturated carbocycles. The van der Waals surface area contributed by atoms with Crippen LogP contribution in [0.4, 0.5) is 0 Å². The van der Waals surface area contributed by atoms with Crippen molar-refractivity contribution < 1.29 is 9.59 Å². The maximum absolute atomic E-state index is 12.9. The molecule has 2 aromatic rings. The van der Waals surface area contributed by atoms with E-state index < -0.39 is 11.9 Å². The first kappa shape index (κ1) is 15.5. The summed E-state index contributed by atoms with van der Waals surface area (Å²) >= 11 is 0. The van der Waals surface area contributed by atoms with Crippen molar-refractivity contribution in [2.24, 2.45) is 0 Å². The van der Waals surface area contributed by atoms with Crippen LogP contribution < -0.4 is 11.0 Å². The van der Waals surface area contributed by atoms with Gasteiger partial charge >= 0.3 is 5.69 Å². The first-order valence-electron chi connectivity index (χ1n) is 8.03. The van der Waals surface area contributed by atoms with E-state index in [-0.39, 0.29) is 23.9 Å². The Labute approximate surface area is 134 Å². The quantitative estimate of drug-likeness (QED) is 0.880. The number of rotatable bonds is 3. The molecule has 0 bridgehead atoms. The Balaban J connectivity index is 2.28. The highest BCUT2D eigenvalue weighted by Gasteiger charge is 2.31. The van der Waals surface area contributed by atoms with Crippen LogP contribution in [0.2, 0.25) is 0 Å². The van der Waals surface area contributed by atoms with Gasteiger partial charge in [0.1, 0.15) is 6.04 Å². The Bertz CT molecular complexity index is 845. The van der Waals surface area contributed by atoms with Gasteiger partial charge in [-0.1, -0.05) is 26.0 Å². The van der Waals surface area contributed by atoms with Gasteiger partial charge in [0.05, 0.1) is 11.0 Å². The standard InChI is InChI=1S/C17H21N3O3/c1-4-19-15-11(10(2)3)6-5-7-12(15)20(17(19)23)13-8-9-14(21)18-16(13)22/h5-7,10,13H,4,8-9H2,1-3H3,(H,18,21,22). The van der Waals surface area contributed by atoms with E-state index in [1.54, 1.807) is 9.13 Å². The number of piperidine rings is 1. The number of hydrogen-bond acceptors (Lipinski definition) is 3. The predicted molar refractivity (Wildman–Crippen MR) is 87.4 cm³/mol. The van der Waals surface area contributed by atoms with E-state index in [2.05, 4.69) is 19.2 Å².